The van der Waals surface area contributed by atoms with Gasteiger partial charge in [-0.3, -0.25) is 18.9 Å². The third-order valence-corrected chi connectivity index (χ3v) is 3.87. The summed E-state index contributed by atoms with van der Waals surface area (Å²) in [6, 6.07) is 3.62. The molecule has 3 aromatic rings. The number of fused-ring (bicyclic) bond motifs is 1. The zero-order valence-electron chi connectivity index (χ0n) is 14.5. The van der Waals surface area contributed by atoms with E-state index in [1.165, 1.54) is 11.6 Å². The topological polar surface area (TPSA) is 99.1 Å². The lowest BCUT2D eigenvalue weighted by Crippen LogP contribution is -2.37. The first kappa shape index (κ1) is 16.6. The minimum Gasteiger partial charge on any atom is -0.300 e. The van der Waals surface area contributed by atoms with Gasteiger partial charge in [-0.25, -0.2) is 10.2 Å². The number of aromatic nitrogens is 5. The van der Waals surface area contributed by atoms with Gasteiger partial charge in [0.1, 0.15) is 0 Å². The van der Waals surface area contributed by atoms with E-state index in [9.17, 15) is 9.59 Å². The molecule has 0 saturated heterocycles. The molecule has 0 aliphatic carbocycles. The van der Waals surface area contributed by atoms with Crippen LogP contribution >= 0.6 is 0 Å². The second-order valence-electron chi connectivity index (χ2n) is 5.93. The lowest BCUT2D eigenvalue weighted by Gasteiger charge is -2.12. The summed E-state index contributed by atoms with van der Waals surface area (Å²) in [5, 5.41) is 4.16. The average Bonchev–Trinajstić information content (AvgIpc) is 2.99. The van der Waals surface area contributed by atoms with Crippen LogP contribution in [0.2, 0.25) is 0 Å². The number of imidazole rings is 1. The highest BCUT2D eigenvalue weighted by Gasteiger charge is 2.20. The van der Waals surface area contributed by atoms with E-state index in [-0.39, 0.29) is 11.6 Å². The van der Waals surface area contributed by atoms with E-state index in [0.29, 0.717) is 17.1 Å². The van der Waals surface area contributed by atoms with Gasteiger partial charge in [0, 0.05) is 38.1 Å². The Hall–Kier alpha value is -3.23. The fourth-order valence-corrected chi connectivity index (χ4v) is 2.61. The molecule has 0 aromatic carbocycles. The minimum atomic E-state index is -0.420. The number of rotatable bonds is 4. The number of pyridine rings is 1. The number of hydrazone groups is 1. The third kappa shape index (κ3) is 2.84. The summed E-state index contributed by atoms with van der Waals surface area (Å²) in [6.07, 6.45) is 4.96. The van der Waals surface area contributed by atoms with Crippen LogP contribution < -0.4 is 16.7 Å². The molecular formula is C16H19N7O2. The van der Waals surface area contributed by atoms with Crippen molar-refractivity contribution in [3.05, 3.63) is 50.9 Å². The molecule has 25 heavy (non-hydrogen) atoms. The Morgan fingerprint density at radius 3 is 2.64 bits per heavy atom. The first-order chi connectivity index (χ1) is 11.9. The van der Waals surface area contributed by atoms with E-state index < -0.39 is 5.69 Å². The quantitative estimate of drug-likeness (QED) is 0.560. The van der Waals surface area contributed by atoms with Crippen LogP contribution in [0, 0.1) is 0 Å². The summed E-state index contributed by atoms with van der Waals surface area (Å²) in [5.74, 6) is 0.392. The first-order valence-electron chi connectivity index (χ1n) is 7.79. The highest BCUT2D eigenvalue weighted by molar-refractivity contribution is 5.80. The van der Waals surface area contributed by atoms with Gasteiger partial charge >= 0.3 is 5.69 Å². The molecule has 0 amide bonds. The van der Waals surface area contributed by atoms with Crippen LogP contribution in [0.5, 0.6) is 0 Å². The molecule has 3 heterocycles. The van der Waals surface area contributed by atoms with Gasteiger partial charge in [-0.15, -0.1) is 0 Å². The Labute approximate surface area is 143 Å². The summed E-state index contributed by atoms with van der Waals surface area (Å²) in [6.45, 7) is 3.86. The molecule has 0 unspecified atom stereocenters. The molecule has 130 valence electrons. The molecule has 1 N–H and O–H groups in total. The maximum atomic E-state index is 12.5. The summed E-state index contributed by atoms with van der Waals surface area (Å²) >= 11 is 0. The van der Waals surface area contributed by atoms with Crippen molar-refractivity contribution < 1.29 is 0 Å². The predicted molar refractivity (Wildman–Crippen MR) is 96.1 cm³/mol. The molecule has 0 bridgehead atoms. The molecule has 0 aliphatic rings. The van der Waals surface area contributed by atoms with Crippen molar-refractivity contribution in [1.82, 2.24) is 23.7 Å². The second-order valence-corrected chi connectivity index (χ2v) is 5.93. The Kier molecular flexibility index (Phi) is 4.22. The summed E-state index contributed by atoms with van der Waals surface area (Å²) in [7, 11) is 3.04. The van der Waals surface area contributed by atoms with Crippen LogP contribution in [-0.2, 0) is 14.1 Å². The highest BCUT2D eigenvalue weighted by atomic mass is 16.2. The van der Waals surface area contributed by atoms with Gasteiger partial charge in [0.05, 0.1) is 6.21 Å². The van der Waals surface area contributed by atoms with E-state index in [1.807, 2.05) is 26.0 Å². The van der Waals surface area contributed by atoms with Crippen LogP contribution in [0.15, 0.2) is 39.2 Å². The van der Waals surface area contributed by atoms with Gasteiger partial charge in [-0.2, -0.15) is 10.1 Å². The number of nitrogens with zero attached hydrogens (tertiary/aromatic N) is 6. The Balaban J connectivity index is 2.12. The summed E-state index contributed by atoms with van der Waals surface area (Å²) < 4.78 is 4.16. The molecule has 0 atom stereocenters. The Bertz CT molecular complexity index is 1060. The monoisotopic (exact) mass is 341 g/mol. The van der Waals surface area contributed by atoms with E-state index >= 15 is 0 Å². The van der Waals surface area contributed by atoms with Gasteiger partial charge in [0.2, 0.25) is 5.95 Å². The van der Waals surface area contributed by atoms with Crippen molar-refractivity contribution in [2.45, 2.75) is 19.9 Å². The summed E-state index contributed by atoms with van der Waals surface area (Å²) in [4.78, 5) is 33.1. The van der Waals surface area contributed by atoms with Crippen LogP contribution in [0.25, 0.3) is 11.2 Å². The third-order valence-electron chi connectivity index (χ3n) is 3.87. The van der Waals surface area contributed by atoms with Gasteiger partial charge in [-0.05, 0) is 19.9 Å². The van der Waals surface area contributed by atoms with Crippen molar-refractivity contribution in [2.24, 2.45) is 19.2 Å². The fraction of sp³-hybridized carbons (Fsp3) is 0.312. The standard InChI is InChI=1S/C16H19N7O2/c1-10(2)23-12-13(21(3)16(25)22(4)14(12)24)19-15(23)20-18-9-11-6-5-7-17-8-11/h5-10H,1-4H3,(H,19,20). The smallest absolute Gasteiger partial charge is 0.300 e. The maximum Gasteiger partial charge on any atom is 0.332 e. The van der Waals surface area contributed by atoms with Crippen LogP contribution in [0.1, 0.15) is 25.5 Å². The normalized spacial score (nSPS) is 11.7. The second kappa shape index (κ2) is 6.34. The zero-order chi connectivity index (χ0) is 18.1. The average molecular weight is 341 g/mol. The minimum absolute atomic E-state index is 0.0497. The van der Waals surface area contributed by atoms with Gasteiger partial charge < -0.3 is 4.57 Å². The largest absolute Gasteiger partial charge is 0.332 e. The number of aryl methyl sites for hydroxylation is 1. The van der Waals surface area contributed by atoms with E-state index in [1.54, 1.807) is 30.2 Å². The van der Waals surface area contributed by atoms with Crippen LogP contribution in [-0.4, -0.2) is 29.9 Å². The number of hydrogen-bond acceptors (Lipinski definition) is 6. The number of hydrogen-bond donors (Lipinski definition) is 1. The van der Waals surface area contributed by atoms with E-state index in [4.69, 9.17) is 0 Å². The van der Waals surface area contributed by atoms with Crippen LogP contribution in [0.3, 0.4) is 0 Å². The SMILES string of the molecule is CC(C)n1c(NN=Cc2cccnc2)nc2c1c(=O)n(C)c(=O)n2C. The molecule has 0 saturated carbocycles. The van der Waals surface area contributed by atoms with Gasteiger partial charge in [-0.1, -0.05) is 6.07 Å². The number of anilines is 1. The number of nitrogens with one attached hydrogen (secondary N) is 1. The molecule has 3 rings (SSSR count). The van der Waals surface area contributed by atoms with Crippen molar-refractivity contribution in [3.8, 4) is 0 Å². The molecule has 0 spiro atoms. The van der Waals surface area contributed by atoms with Crippen molar-refractivity contribution >= 4 is 23.3 Å². The first-order valence-corrected chi connectivity index (χ1v) is 7.79. The van der Waals surface area contributed by atoms with Crippen molar-refractivity contribution in [2.75, 3.05) is 5.43 Å². The Morgan fingerprint density at radius 2 is 2.00 bits per heavy atom. The molecule has 0 aliphatic heterocycles. The van der Waals surface area contributed by atoms with Crippen LogP contribution in [0.4, 0.5) is 5.95 Å². The van der Waals surface area contributed by atoms with Crippen molar-refractivity contribution in [3.63, 3.8) is 0 Å². The summed E-state index contributed by atoms with van der Waals surface area (Å²) in [5.41, 5.74) is 3.55. The molecule has 9 nitrogen and oxygen atoms in total. The van der Waals surface area contributed by atoms with Gasteiger partial charge in [0.25, 0.3) is 5.56 Å². The predicted octanol–water partition coefficient (Wildman–Crippen LogP) is 0.856. The highest BCUT2D eigenvalue weighted by Crippen LogP contribution is 2.20. The van der Waals surface area contributed by atoms with E-state index in [0.717, 1.165) is 10.1 Å². The van der Waals surface area contributed by atoms with Crippen molar-refractivity contribution in [1.29, 1.82) is 0 Å². The zero-order valence-corrected chi connectivity index (χ0v) is 14.5. The molecular weight excluding hydrogens is 322 g/mol. The molecule has 0 radical (unpaired) electrons. The lowest BCUT2D eigenvalue weighted by molar-refractivity contribution is 0.615. The molecule has 9 heteroatoms. The fourth-order valence-electron chi connectivity index (χ4n) is 2.61. The molecule has 3 aromatic heterocycles. The molecule has 0 fully saturated rings. The maximum absolute atomic E-state index is 12.5. The lowest BCUT2D eigenvalue weighted by atomic mass is 10.3. The van der Waals surface area contributed by atoms with Gasteiger partial charge in [0.15, 0.2) is 11.2 Å². The Morgan fingerprint density at radius 1 is 1.24 bits per heavy atom. The van der Waals surface area contributed by atoms with E-state index in [2.05, 4.69) is 20.5 Å².